The molecule has 1 unspecified atom stereocenters. The first-order valence-electron chi connectivity index (χ1n) is 6.22. The maximum Gasteiger partial charge on any atom is 0.223 e. The van der Waals surface area contributed by atoms with Crippen LogP contribution in [-0.4, -0.2) is 5.91 Å². The lowest BCUT2D eigenvalue weighted by atomic mass is 9.77. The van der Waals surface area contributed by atoms with Crippen LogP contribution in [0.4, 0.5) is 0 Å². The smallest absolute Gasteiger partial charge is 0.223 e. The lowest BCUT2D eigenvalue weighted by molar-refractivity contribution is -0.128. The van der Waals surface area contributed by atoms with Gasteiger partial charge in [0.2, 0.25) is 5.91 Å². The predicted molar refractivity (Wildman–Crippen MR) is 72.8 cm³/mol. The van der Waals surface area contributed by atoms with Crippen LogP contribution < -0.4 is 5.73 Å². The van der Waals surface area contributed by atoms with Crippen molar-refractivity contribution in [2.75, 3.05) is 0 Å². The van der Waals surface area contributed by atoms with Crippen LogP contribution in [0.2, 0.25) is 0 Å². The number of nitrogens with two attached hydrogens (primary N) is 1. The zero-order valence-corrected chi connectivity index (χ0v) is 12.0. The van der Waals surface area contributed by atoms with Crippen LogP contribution in [-0.2, 0) is 4.79 Å². The molecule has 0 saturated heterocycles. The minimum absolute atomic E-state index is 0. The summed E-state index contributed by atoms with van der Waals surface area (Å²) < 4.78 is 0. The molecule has 3 heteroatoms. The second-order valence-corrected chi connectivity index (χ2v) is 5.19. The lowest BCUT2D eigenvalue weighted by Crippen LogP contribution is -2.37. The van der Waals surface area contributed by atoms with E-state index >= 15 is 0 Å². The van der Waals surface area contributed by atoms with Gasteiger partial charge >= 0.3 is 0 Å². The Bertz CT molecular complexity index is 192. The first-order chi connectivity index (χ1) is 6.92. The minimum atomic E-state index is -0.356. The molecule has 1 atom stereocenters. The molecule has 0 aliphatic heterocycles. The van der Waals surface area contributed by atoms with E-state index in [1.807, 2.05) is 13.8 Å². The SMILES string of the molecule is CCCCCCCC(C)C(C)(C)C(N)=O.Cl. The Balaban J connectivity index is 0. The van der Waals surface area contributed by atoms with Gasteiger partial charge in [0.15, 0.2) is 0 Å². The molecular weight excluding hydrogens is 222 g/mol. The molecule has 2 nitrogen and oxygen atoms in total. The molecule has 0 aliphatic carbocycles. The number of carbonyl (C=O) groups excluding carboxylic acids is 1. The Kier molecular flexibility index (Phi) is 10.0. The zero-order valence-electron chi connectivity index (χ0n) is 11.2. The number of carbonyl (C=O) groups is 1. The summed E-state index contributed by atoms with van der Waals surface area (Å²) in [7, 11) is 0. The van der Waals surface area contributed by atoms with Crippen molar-refractivity contribution >= 4 is 18.3 Å². The number of rotatable bonds is 8. The summed E-state index contributed by atoms with van der Waals surface area (Å²) in [6, 6.07) is 0. The highest BCUT2D eigenvalue weighted by molar-refractivity contribution is 5.85. The van der Waals surface area contributed by atoms with Gasteiger partial charge in [-0.25, -0.2) is 0 Å². The highest BCUT2D eigenvalue weighted by Gasteiger charge is 2.31. The van der Waals surface area contributed by atoms with Crippen molar-refractivity contribution in [3.63, 3.8) is 0 Å². The van der Waals surface area contributed by atoms with Crippen molar-refractivity contribution in [2.24, 2.45) is 17.1 Å². The van der Waals surface area contributed by atoms with Gasteiger partial charge in [-0.05, 0) is 12.3 Å². The van der Waals surface area contributed by atoms with E-state index in [-0.39, 0.29) is 23.7 Å². The molecule has 2 N–H and O–H groups in total. The number of amides is 1. The summed E-state index contributed by atoms with van der Waals surface area (Å²) in [5.74, 6) is 0.209. The van der Waals surface area contributed by atoms with Gasteiger partial charge in [-0.3, -0.25) is 4.79 Å². The Labute approximate surface area is 107 Å². The molecule has 16 heavy (non-hydrogen) atoms. The molecule has 0 aromatic rings. The van der Waals surface area contributed by atoms with Crippen molar-refractivity contribution in [2.45, 2.75) is 66.2 Å². The van der Waals surface area contributed by atoms with E-state index in [1.54, 1.807) is 0 Å². The van der Waals surface area contributed by atoms with Gasteiger partial charge in [0.1, 0.15) is 0 Å². The van der Waals surface area contributed by atoms with Crippen LogP contribution in [0.1, 0.15) is 66.2 Å². The van der Waals surface area contributed by atoms with Gasteiger partial charge in [-0.15, -0.1) is 12.4 Å². The molecule has 0 fully saturated rings. The normalized spacial score (nSPS) is 13.0. The molecule has 0 spiro atoms. The molecule has 0 heterocycles. The Morgan fingerprint density at radius 2 is 1.69 bits per heavy atom. The topological polar surface area (TPSA) is 43.1 Å². The summed E-state index contributed by atoms with van der Waals surface area (Å²) in [5.41, 5.74) is 5.03. The van der Waals surface area contributed by atoms with E-state index < -0.39 is 0 Å². The predicted octanol–water partition coefficient (Wildman–Crippen LogP) is 3.92. The van der Waals surface area contributed by atoms with Gasteiger partial charge in [0.25, 0.3) is 0 Å². The van der Waals surface area contributed by atoms with Crippen molar-refractivity contribution in [1.29, 1.82) is 0 Å². The van der Waals surface area contributed by atoms with E-state index in [0.29, 0.717) is 5.92 Å². The number of halogens is 1. The molecule has 0 aliphatic rings. The number of hydrogen-bond donors (Lipinski definition) is 1. The van der Waals surface area contributed by atoms with Gasteiger partial charge in [0, 0.05) is 5.41 Å². The van der Waals surface area contributed by atoms with E-state index in [0.717, 1.165) is 6.42 Å². The molecule has 0 rings (SSSR count). The summed E-state index contributed by atoms with van der Waals surface area (Å²) in [5, 5.41) is 0. The Hall–Kier alpha value is -0.240. The van der Waals surface area contributed by atoms with Crippen LogP contribution >= 0.6 is 12.4 Å². The second-order valence-electron chi connectivity index (χ2n) is 5.19. The summed E-state index contributed by atoms with van der Waals surface area (Å²) in [6.07, 6.45) is 7.54. The van der Waals surface area contributed by atoms with Crippen LogP contribution in [0.3, 0.4) is 0 Å². The van der Waals surface area contributed by atoms with Gasteiger partial charge < -0.3 is 5.73 Å². The maximum absolute atomic E-state index is 11.2. The lowest BCUT2D eigenvalue weighted by Gasteiger charge is -2.28. The first kappa shape index (κ1) is 18.1. The van der Waals surface area contributed by atoms with E-state index in [9.17, 15) is 4.79 Å². The van der Waals surface area contributed by atoms with E-state index in [4.69, 9.17) is 5.73 Å². The van der Waals surface area contributed by atoms with Gasteiger partial charge in [0.05, 0.1) is 0 Å². The monoisotopic (exact) mass is 249 g/mol. The van der Waals surface area contributed by atoms with Crippen LogP contribution in [0.5, 0.6) is 0 Å². The quantitative estimate of drug-likeness (QED) is 0.651. The fraction of sp³-hybridized carbons (Fsp3) is 0.923. The summed E-state index contributed by atoms with van der Waals surface area (Å²) >= 11 is 0. The molecule has 98 valence electrons. The standard InChI is InChI=1S/C13H27NO.ClH/c1-5-6-7-8-9-10-11(2)13(3,4)12(14)15;/h11H,5-10H2,1-4H3,(H2,14,15);1H. The molecule has 0 aromatic carbocycles. The van der Waals surface area contributed by atoms with E-state index in [1.165, 1.54) is 32.1 Å². The van der Waals surface area contributed by atoms with Crippen LogP contribution in [0.15, 0.2) is 0 Å². The largest absolute Gasteiger partial charge is 0.369 e. The third-order valence-corrected chi connectivity index (χ3v) is 3.61. The van der Waals surface area contributed by atoms with Gasteiger partial charge in [-0.1, -0.05) is 59.8 Å². The molecule has 0 aromatic heterocycles. The highest BCUT2D eigenvalue weighted by atomic mass is 35.5. The third-order valence-electron chi connectivity index (χ3n) is 3.61. The molecule has 0 radical (unpaired) electrons. The van der Waals surface area contributed by atoms with Gasteiger partial charge in [-0.2, -0.15) is 0 Å². The average molecular weight is 250 g/mol. The Morgan fingerprint density at radius 1 is 1.19 bits per heavy atom. The molecular formula is C13H28ClNO. The van der Waals surface area contributed by atoms with Crippen molar-refractivity contribution in [3.8, 4) is 0 Å². The number of hydrogen-bond acceptors (Lipinski definition) is 1. The molecule has 0 saturated carbocycles. The summed E-state index contributed by atoms with van der Waals surface area (Å²) in [4.78, 5) is 11.2. The third kappa shape index (κ3) is 6.37. The first-order valence-corrected chi connectivity index (χ1v) is 6.22. The fourth-order valence-corrected chi connectivity index (χ4v) is 1.66. The average Bonchev–Trinajstić information content (AvgIpc) is 2.16. The Morgan fingerprint density at radius 3 is 2.12 bits per heavy atom. The van der Waals surface area contributed by atoms with Crippen LogP contribution in [0.25, 0.3) is 0 Å². The van der Waals surface area contributed by atoms with Crippen molar-refractivity contribution < 1.29 is 4.79 Å². The van der Waals surface area contributed by atoms with Crippen molar-refractivity contribution in [3.05, 3.63) is 0 Å². The zero-order chi connectivity index (χ0) is 11.9. The molecule has 0 bridgehead atoms. The number of primary amides is 1. The van der Waals surface area contributed by atoms with E-state index in [2.05, 4.69) is 13.8 Å². The highest BCUT2D eigenvalue weighted by Crippen LogP contribution is 2.30. The summed E-state index contributed by atoms with van der Waals surface area (Å²) in [6.45, 7) is 8.25. The van der Waals surface area contributed by atoms with Crippen molar-refractivity contribution in [1.82, 2.24) is 0 Å². The molecule has 1 amide bonds. The number of unbranched alkanes of at least 4 members (excludes halogenated alkanes) is 4. The second kappa shape index (κ2) is 8.86. The fourth-order valence-electron chi connectivity index (χ4n) is 1.66. The maximum atomic E-state index is 11.2. The minimum Gasteiger partial charge on any atom is -0.369 e. The van der Waals surface area contributed by atoms with Crippen LogP contribution in [0, 0.1) is 11.3 Å².